The number of nitrogen functional groups attached to an aromatic ring is 1. The number of nitrogens with zero attached hydrogens (tertiary/aromatic N) is 3. The van der Waals surface area contributed by atoms with Crippen LogP contribution >= 0.6 is 15.9 Å². The van der Waals surface area contributed by atoms with Crippen LogP contribution < -0.4 is 10.5 Å². The summed E-state index contributed by atoms with van der Waals surface area (Å²) in [5, 5.41) is 0. The molecule has 0 bridgehead atoms. The van der Waals surface area contributed by atoms with Crippen molar-refractivity contribution in [3.05, 3.63) is 80.8 Å². The number of benzene rings is 2. The number of carbonyl (C=O) groups is 1. The van der Waals surface area contributed by atoms with E-state index in [1.807, 2.05) is 36.1 Å². The number of hydrogen-bond acceptors (Lipinski definition) is 5. The largest absolute Gasteiger partial charge is 0.497 e. The van der Waals surface area contributed by atoms with Crippen LogP contribution in [0.25, 0.3) is 0 Å². The minimum atomic E-state index is -0.360. The van der Waals surface area contributed by atoms with Gasteiger partial charge in [0.2, 0.25) is 5.95 Å². The third-order valence-electron chi connectivity index (χ3n) is 5.69. The molecule has 0 radical (unpaired) electrons. The standard InChI is InChI=1S/C23H22BrFN4O2/c1-12-21-19(28-23(26)27-12)11-20(17-9-6-15(25)10-18(17)24)29(22(21)30)13(2)14-4-7-16(31-3)8-5-14/h4-10,13,20H,11H2,1-3H3,(H2,26,27,28)/t13-,20?/m0/s1. The molecule has 31 heavy (non-hydrogen) atoms. The highest BCUT2D eigenvalue weighted by molar-refractivity contribution is 9.10. The molecule has 6 nitrogen and oxygen atoms in total. The van der Waals surface area contributed by atoms with E-state index in [9.17, 15) is 9.18 Å². The number of halogens is 2. The molecule has 0 spiro atoms. The molecule has 4 rings (SSSR count). The van der Waals surface area contributed by atoms with Crippen LogP contribution in [0.5, 0.6) is 5.75 Å². The summed E-state index contributed by atoms with van der Waals surface area (Å²) in [6, 6.07) is 11.5. The number of amides is 1. The fraction of sp³-hybridized carbons (Fsp3) is 0.261. The van der Waals surface area contributed by atoms with Gasteiger partial charge in [-0.05, 0) is 49.2 Å². The number of methoxy groups -OCH3 is 1. The normalized spacial score (nSPS) is 16.7. The average Bonchev–Trinajstić information content (AvgIpc) is 2.72. The second-order valence-electron chi connectivity index (χ2n) is 7.54. The van der Waals surface area contributed by atoms with Crippen molar-refractivity contribution >= 4 is 27.8 Å². The lowest BCUT2D eigenvalue weighted by molar-refractivity contribution is 0.0545. The number of fused-ring (bicyclic) bond motifs is 1. The Bertz CT molecular complexity index is 1150. The summed E-state index contributed by atoms with van der Waals surface area (Å²) in [6.45, 7) is 3.74. The molecule has 2 heterocycles. The number of carbonyl (C=O) groups excluding carboxylic acids is 1. The van der Waals surface area contributed by atoms with Crippen molar-refractivity contribution in [1.29, 1.82) is 0 Å². The van der Waals surface area contributed by atoms with Gasteiger partial charge in [0, 0.05) is 10.9 Å². The second-order valence-corrected chi connectivity index (χ2v) is 8.39. The minimum absolute atomic E-state index is 0.137. The summed E-state index contributed by atoms with van der Waals surface area (Å²) < 4.78 is 19.6. The highest BCUT2D eigenvalue weighted by Crippen LogP contribution is 2.41. The zero-order valence-corrected chi connectivity index (χ0v) is 19.0. The molecule has 1 unspecified atom stereocenters. The monoisotopic (exact) mass is 484 g/mol. The van der Waals surface area contributed by atoms with Gasteiger partial charge in [-0.1, -0.05) is 34.1 Å². The molecule has 1 aliphatic heterocycles. The van der Waals surface area contributed by atoms with E-state index in [0.29, 0.717) is 27.8 Å². The number of ether oxygens (including phenoxy) is 1. The van der Waals surface area contributed by atoms with E-state index in [2.05, 4.69) is 25.9 Å². The van der Waals surface area contributed by atoms with E-state index >= 15 is 0 Å². The van der Waals surface area contributed by atoms with Crippen molar-refractivity contribution in [2.75, 3.05) is 12.8 Å². The summed E-state index contributed by atoms with van der Waals surface area (Å²) in [5.41, 5.74) is 9.25. The maximum atomic E-state index is 13.8. The van der Waals surface area contributed by atoms with Crippen LogP contribution in [-0.2, 0) is 6.42 Å². The number of aryl methyl sites for hydroxylation is 1. The van der Waals surface area contributed by atoms with Crippen LogP contribution in [-0.4, -0.2) is 27.9 Å². The topological polar surface area (TPSA) is 81.3 Å². The van der Waals surface area contributed by atoms with Gasteiger partial charge < -0.3 is 15.4 Å². The van der Waals surface area contributed by atoms with Gasteiger partial charge in [-0.2, -0.15) is 0 Å². The molecule has 0 fully saturated rings. The Hall–Kier alpha value is -3.00. The zero-order valence-electron chi connectivity index (χ0n) is 17.4. The lowest BCUT2D eigenvalue weighted by atomic mass is 9.89. The first kappa shape index (κ1) is 21.2. The first-order valence-corrected chi connectivity index (χ1v) is 10.6. The maximum absolute atomic E-state index is 13.8. The predicted molar refractivity (Wildman–Crippen MR) is 119 cm³/mol. The van der Waals surface area contributed by atoms with Crippen LogP contribution in [0.15, 0.2) is 46.9 Å². The molecule has 2 atom stereocenters. The summed E-state index contributed by atoms with van der Waals surface area (Å²) in [7, 11) is 1.61. The van der Waals surface area contributed by atoms with E-state index in [1.165, 1.54) is 12.1 Å². The van der Waals surface area contributed by atoms with Gasteiger partial charge in [-0.25, -0.2) is 14.4 Å². The lowest BCUT2D eigenvalue weighted by Crippen LogP contribution is -2.43. The fourth-order valence-electron chi connectivity index (χ4n) is 4.15. The van der Waals surface area contributed by atoms with Crippen molar-refractivity contribution in [2.45, 2.75) is 32.4 Å². The van der Waals surface area contributed by atoms with Crippen molar-refractivity contribution in [1.82, 2.24) is 14.9 Å². The molecule has 1 amide bonds. The summed E-state index contributed by atoms with van der Waals surface area (Å²) in [6.07, 6.45) is 0.444. The lowest BCUT2D eigenvalue weighted by Gasteiger charge is -2.41. The van der Waals surface area contributed by atoms with E-state index in [1.54, 1.807) is 20.1 Å². The quantitative estimate of drug-likeness (QED) is 0.576. The number of hydrogen-bond donors (Lipinski definition) is 1. The number of nitrogens with two attached hydrogens (primary N) is 1. The van der Waals surface area contributed by atoms with Gasteiger partial charge in [-0.3, -0.25) is 4.79 Å². The van der Waals surface area contributed by atoms with E-state index in [0.717, 1.165) is 16.9 Å². The molecule has 160 valence electrons. The van der Waals surface area contributed by atoms with Gasteiger partial charge in [0.15, 0.2) is 0 Å². The van der Waals surface area contributed by atoms with Crippen molar-refractivity contribution in [2.24, 2.45) is 0 Å². The minimum Gasteiger partial charge on any atom is -0.497 e. The molecule has 8 heteroatoms. The molecule has 1 aromatic heterocycles. The molecule has 1 aliphatic rings. The SMILES string of the molecule is COc1ccc([C@H](C)N2C(=O)c3c(C)nc(N)nc3CC2c2ccc(F)cc2Br)cc1. The third-order valence-corrected chi connectivity index (χ3v) is 6.38. The van der Waals surface area contributed by atoms with Crippen LogP contribution in [0.4, 0.5) is 10.3 Å². The average molecular weight is 485 g/mol. The number of anilines is 1. The molecule has 0 aliphatic carbocycles. The van der Waals surface area contributed by atoms with E-state index in [4.69, 9.17) is 10.5 Å². The maximum Gasteiger partial charge on any atom is 0.258 e. The van der Waals surface area contributed by atoms with Crippen LogP contribution in [0.2, 0.25) is 0 Å². The predicted octanol–water partition coefficient (Wildman–Crippen LogP) is 4.78. The van der Waals surface area contributed by atoms with Crippen LogP contribution in [0, 0.1) is 12.7 Å². The number of rotatable bonds is 4. The molecular weight excluding hydrogens is 463 g/mol. The van der Waals surface area contributed by atoms with Crippen molar-refractivity contribution in [3.8, 4) is 5.75 Å². The Balaban J connectivity index is 1.85. The molecular formula is C23H22BrFN4O2. The van der Waals surface area contributed by atoms with Gasteiger partial charge in [0.1, 0.15) is 11.6 Å². The first-order chi connectivity index (χ1) is 14.8. The Morgan fingerprint density at radius 3 is 2.58 bits per heavy atom. The Kier molecular flexibility index (Phi) is 5.66. The first-order valence-electron chi connectivity index (χ1n) is 9.84. The smallest absolute Gasteiger partial charge is 0.258 e. The Morgan fingerprint density at radius 2 is 1.94 bits per heavy atom. The number of aromatic nitrogens is 2. The molecule has 2 aromatic carbocycles. The van der Waals surface area contributed by atoms with Gasteiger partial charge in [0.25, 0.3) is 5.91 Å². The summed E-state index contributed by atoms with van der Waals surface area (Å²) in [5.74, 6) is 0.347. The van der Waals surface area contributed by atoms with Crippen molar-refractivity contribution < 1.29 is 13.9 Å². The zero-order chi connectivity index (χ0) is 22.3. The van der Waals surface area contributed by atoms with Gasteiger partial charge in [0.05, 0.1) is 36.1 Å². The highest BCUT2D eigenvalue weighted by atomic mass is 79.9. The highest BCUT2D eigenvalue weighted by Gasteiger charge is 2.39. The Morgan fingerprint density at radius 1 is 1.23 bits per heavy atom. The Labute approximate surface area is 188 Å². The summed E-state index contributed by atoms with van der Waals surface area (Å²) >= 11 is 3.47. The van der Waals surface area contributed by atoms with Gasteiger partial charge in [-0.15, -0.1) is 0 Å². The second kappa shape index (κ2) is 8.26. The summed E-state index contributed by atoms with van der Waals surface area (Å²) in [4.78, 5) is 24.1. The van der Waals surface area contributed by atoms with E-state index < -0.39 is 0 Å². The van der Waals surface area contributed by atoms with Crippen LogP contribution in [0.3, 0.4) is 0 Å². The molecule has 2 N–H and O–H groups in total. The van der Waals surface area contributed by atoms with Crippen LogP contribution in [0.1, 0.15) is 51.9 Å². The van der Waals surface area contributed by atoms with Crippen molar-refractivity contribution in [3.63, 3.8) is 0 Å². The van der Waals surface area contributed by atoms with Gasteiger partial charge >= 0.3 is 0 Å². The third kappa shape index (κ3) is 3.87. The molecule has 0 saturated carbocycles. The molecule has 0 saturated heterocycles. The van der Waals surface area contributed by atoms with E-state index in [-0.39, 0.29) is 29.8 Å². The fourth-order valence-corrected chi connectivity index (χ4v) is 4.77. The molecule has 3 aromatic rings.